The Morgan fingerprint density at radius 1 is 1.37 bits per heavy atom. The average molecular weight is 259 g/mol. The van der Waals surface area contributed by atoms with Gasteiger partial charge in [0.15, 0.2) is 5.82 Å². The predicted octanol–water partition coefficient (Wildman–Crippen LogP) is 2.23. The third kappa shape index (κ3) is 3.93. The summed E-state index contributed by atoms with van der Waals surface area (Å²) in [6.07, 6.45) is 1.73. The minimum absolute atomic E-state index is 0.500. The summed E-state index contributed by atoms with van der Waals surface area (Å²) in [4.78, 5) is 4.13. The number of benzene rings is 1. The molecule has 0 saturated heterocycles. The van der Waals surface area contributed by atoms with Crippen molar-refractivity contribution in [2.45, 2.75) is 20.0 Å². The standard InChI is InChI=1S/C14H17N3O2/c1-3-8-18-13-7-5-4-6-12(13)9-15-10-14-16-11(2)17-19-14/h3-7,15H,1,8-10H2,2H3. The molecule has 100 valence electrons. The number of rotatable bonds is 7. The van der Waals surface area contributed by atoms with Crippen molar-refractivity contribution in [3.8, 4) is 5.75 Å². The minimum atomic E-state index is 0.500. The molecule has 0 saturated carbocycles. The lowest BCUT2D eigenvalue weighted by molar-refractivity contribution is 0.352. The minimum Gasteiger partial charge on any atom is -0.489 e. The second-order valence-electron chi connectivity index (χ2n) is 4.05. The molecule has 1 heterocycles. The lowest BCUT2D eigenvalue weighted by atomic mass is 10.2. The van der Waals surface area contributed by atoms with Crippen LogP contribution in [0.5, 0.6) is 5.75 Å². The summed E-state index contributed by atoms with van der Waals surface area (Å²) in [6, 6.07) is 7.89. The van der Waals surface area contributed by atoms with Crippen LogP contribution >= 0.6 is 0 Å². The first-order chi connectivity index (χ1) is 9.29. The van der Waals surface area contributed by atoms with E-state index in [4.69, 9.17) is 9.26 Å². The van der Waals surface area contributed by atoms with E-state index in [1.54, 1.807) is 13.0 Å². The third-order valence-electron chi connectivity index (χ3n) is 2.49. The van der Waals surface area contributed by atoms with E-state index in [2.05, 4.69) is 22.0 Å². The maximum Gasteiger partial charge on any atom is 0.240 e. The molecule has 0 aliphatic heterocycles. The van der Waals surface area contributed by atoms with Crippen molar-refractivity contribution in [1.29, 1.82) is 0 Å². The Labute approximate surface area is 112 Å². The number of aryl methyl sites for hydroxylation is 1. The Morgan fingerprint density at radius 2 is 2.21 bits per heavy atom. The molecule has 0 aliphatic carbocycles. The SMILES string of the molecule is C=CCOc1ccccc1CNCc1nc(C)no1. The van der Waals surface area contributed by atoms with Crippen molar-refractivity contribution < 1.29 is 9.26 Å². The molecule has 2 rings (SSSR count). The van der Waals surface area contributed by atoms with Crippen LogP contribution in [0.25, 0.3) is 0 Å². The van der Waals surface area contributed by atoms with Gasteiger partial charge in [0.05, 0.1) is 6.54 Å². The fourth-order valence-electron chi connectivity index (χ4n) is 1.66. The van der Waals surface area contributed by atoms with Crippen LogP contribution in [0.3, 0.4) is 0 Å². The highest BCUT2D eigenvalue weighted by Gasteiger charge is 2.04. The lowest BCUT2D eigenvalue weighted by Crippen LogP contribution is -2.14. The number of aromatic nitrogens is 2. The Kier molecular flexibility index (Phi) is 4.69. The molecule has 0 spiro atoms. The predicted molar refractivity (Wildman–Crippen MR) is 71.7 cm³/mol. The summed E-state index contributed by atoms with van der Waals surface area (Å²) < 4.78 is 10.6. The van der Waals surface area contributed by atoms with Gasteiger partial charge in [-0.25, -0.2) is 0 Å². The summed E-state index contributed by atoms with van der Waals surface area (Å²) in [5, 5.41) is 6.98. The van der Waals surface area contributed by atoms with E-state index in [0.29, 0.717) is 31.4 Å². The summed E-state index contributed by atoms with van der Waals surface area (Å²) in [6.45, 7) is 7.15. The lowest BCUT2D eigenvalue weighted by Gasteiger charge is -2.10. The summed E-state index contributed by atoms with van der Waals surface area (Å²) in [7, 11) is 0. The molecule has 0 radical (unpaired) electrons. The van der Waals surface area contributed by atoms with Crippen LogP contribution in [-0.4, -0.2) is 16.7 Å². The van der Waals surface area contributed by atoms with Gasteiger partial charge in [-0.1, -0.05) is 36.0 Å². The zero-order chi connectivity index (χ0) is 13.5. The first-order valence-corrected chi connectivity index (χ1v) is 6.11. The van der Waals surface area contributed by atoms with Crippen LogP contribution in [-0.2, 0) is 13.1 Å². The monoisotopic (exact) mass is 259 g/mol. The van der Waals surface area contributed by atoms with E-state index < -0.39 is 0 Å². The molecule has 0 bridgehead atoms. The average Bonchev–Trinajstić information content (AvgIpc) is 2.83. The number of hydrogen-bond acceptors (Lipinski definition) is 5. The maximum absolute atomic E-state index is 5.58. The highest BCUT2D eigenvalue weighted by Crippen LogP contribution is 2.17. The highest BCUT2D eigenvalue weighted by atomic mass is 16.5. The van der Waals surface area contributed by atoms with Gasteiger partial charge in [-0.05, 0) is 13.0 Å². The van der Waals surface area contributed by atoms with Gasteiger partial charge in [-0.3, -0.25) is 0 Å². The first kappa shape index (κ1) is 13.3. The topological polar surface area (TPSA) is 60.2 Å². The van der Waals surface area contributed by atoms with Crippen LogP contribution in [0.4, 0.5) is 0 Å². The van der Waals surface area contributed by atoms with Crippen LogP contribution in [0.15, 0.2) is 41.4 Å². The van der Waals surface area contributed by atoms with E-state index in [-0.39, 0.29) is 0 Å². The smallest absolute Gasteiger partial charge is 0.240 e. The van der Waals surface area contributed by atoms with Gasteiger partial charge in [0.2, 0.25) is 5.89 Å². The fourth-order valence-corrected chi connectivity index (χ4v) is 1.66. The molecular formula is C14H17N3O2. The van der Waals surface area contributed by atoms with Crippen molar-refractivity contribution >= 4 is 0 Å². The number of para-hydroxylation sites is 1. The summed E-state index contributed by atoms with van der Waals surface area (Å²) in [5.74, 6) is 2.09. The second kappa shape index (κ2) is 6.70. The van der Waals surface area contributed by atoms with E-state index in [1.165, 1.54) is 0 Å². The maximum atomic E-state index is 5.58. The van der Waals surface area contributed by atoms with Gasteiger partial charge >= 0.3 is 0 Å². The van der Waals surface area contributed by atoms with E-state index >= 15 is 0 Å². The highest BCUT2D eigenvalue weighted by molar-refractivity contribution is 5.33. The molecule has 0 fully saturated rings. The number of nitrogens with zero attached hydrogens (tertiary/aromatic N) is 2. The largest absolute Gasteiger partial charge is 0.489 e. The Bertz CT molecular complexity index is 537. The Morgan fingerprint density at radius 3 is 2.95 bits per heavy atom. The molecule has 0 unspecified atom stereocenters. The number of ether oxygens (including phenoxy) is 1. The van der Waals surface area contributed by atoms with E-state index in [9.17, 15) is 0 Å². The van der Waals surface area contributed by atoms with Gasteiger partial charge in [-0.2, -0.15) is 4.98 Å². The molecule has 2 aromatic rings. The molecule has 5 heteroatoms. The number of nitrogens with one attached hydrogen (secondary N) is 1. The summed E-state index contributed by atoms with van der Waals surface area (Å²) in [5.41, 5.74) is 1.08. The Hall–Kier alpha value is -2.14. The van der Waals surface area contributed by atoms with Gasteiger partial charge in [-0.15, -0.1) is 0 Å². The quantitative estimate of drug-likeness (QED) is 0.773. The first-order valence-electron chi connectivity index (χ1n) is 6.11. The Balaban J connectivity index is 1.89. The van der Waals surface area contributed by atoms with Crippen molar-refractivity contribution in [3.05, 3.63) is 54.2 Å². The van der Waals surface area contributed by atoms with Crippen molar-refractivity contribution in [2.75, 3.05) is 6.61 Å². The van der Waals surface area contributed by atoms with E-state index in [1.807, 2.05) is 24.3 Å². The van der Waals surface area contributed by atoms with Gasteiger partial charge in [0, 0.05) is 12.1 Å². The van der Waals surface area contributed by atoms with Gasteiger partial charge in [0.25, 0.3) is 0 Å². The van der Waals surface area contributed by atoms with E-state index in [0.717, 1.165) is 11.3 Å². The second-order valence-corrected chi connectivity index (χ2v) is 4.05. The van der Waals surface area contributed by atoms with Crippen molar-refractivity contribution in [1.82, 2.24) is 15.5 Å². The zero-order valence-electron chi connectivity index (χ0n) is 10.9. The molecule has 1 aromatic carbocycles. The molecule has 0 atom stereocenters. The molecule has 0 aliphatic rings. The van der Waals surface area contributed by atoms with Crippen LogP contribution in [0.2, 0.25) is 0 Å². The molecular weight excluding hydrogens is 242 g/mol. The van der Waals surface area contributed by atoms with Crippen LogP contribution < -0.4 is 10.1 Å². The molecule has 5 nitrogen and oxygen atoms in total. The van der Waals surface area contributed by atoms with Crippen LogP contribution in [0.1, 0.15) is 17.3 Å². The van der Waals surface area contributed by atoms with Gasteiger partial charge in [0.1, 0.15) is 12.4 Å². The zero-order valence-corrected chi connectivity index (χ0v) is 10.9. The normalized spacial score (nSPS) is 10.4. The molecule has 1 aromatic heterocycles. The summed E-state index contributed by atoms with van der Waals surface area (Å²) >= 11 is 0. The third-order valence-corrected chi connectivity index (χ3v) is 2.49. The van der Waals surface area contributed by atoms with Crippen molar-refractivity contribution in [3.63, 3.8) is 0 Å². The molecule has 0 amide bonds. The molecule has 1 N–H and O–H groups in total. The number of hydrogen-bond donors (Lipinski definition) is 1. The van der Waals surface area contributed by atoms with Crippen LogP contribution in [0, 0.1) is 6.92 Å². The van der Waals surface area contributed by atoms with Gasteiger partial charge < -0.3 is 14.6 Å². The van der Waals surface area contributed by atoms with Crippen molar-refractivity contribution in [2.24, 2.45) is 0 Å². The fraction of sp³-hybridized carbons (Fsp3) is 0.286. The molecule has 19 heavy (non-hydrogen) atoms.